The first kappa shape index (κ1) is 26.1. The van der Waals surface area contributed by atoms with Gasteiger partial charge in [0, 0.05) is 35.7 Å². The average Bonchev–Trinajstić information content (AvgIpc) is 2.85. The average molecular weight is 526 g/mol. The van der Waals surface area contributed by atoms with Crippen LogP contribution in [-0.2, 0) is 10.0 Å². The van der Waals surface area contributed by atoms with Crippen LogP contribution in [0.15, 0.2) is 59.8 Å². The van der Waals surface area contributed by atoms with Crippen molar-refractivity contribution in [3.8, 4) is 0 Å². The van der Waals surface area contributed by atoms with Crippen LogP contribution in [0.1, 0.15) is 42.4 Å². The van der Waals surface area contributed by atoms with Crippen molar-refractivity contribution in [2.45, 2.75) is 49.6 Å². The molecule has 0 aliphatic heterocycles. The van der Waals surface area contributed by atoms with Crippen molar-refractivity contribution >= 4 is 45.4 Å². The summed E-state index contributed by atoms with van der Waals surface area (Å²) in [6.07, 6.45) is 12.1. The number of benzene rings is 2. The molecule has 7 nitrogen and oxygen atoms in total. The highest BCUT2D eigenvalue weighted by atomic mass is 35.5. The Labute approximate surface area is 218 Å². The molecule has 1 saturated carbocycles. The van der Waals surface area contributed by atoms with Crippen molar-refractivity contribution in [2.24, 2.45) is 0 Å². The van der Waals surface area contributed by atoms with Crippen LogP contribution >= 0.6 is 11.6 Å². The number of nitrogens with zero attached hydrogens (tertiary/aromatic N) is 3. The number of rotatable bonds is 8. The summed E-state index contributed by atoms with van der Waals surface area (Å²) < 4.78 is 28.0. The third kappa shape index (κ3) is 6.63. The van der Waals surface area contributed by atoms with E-state index in [-0.39, 0.29) is 9.92 Å². The zero-order valence-corrected chi connectivity index (χ0v) is 22.4. The second-order valence-corrected chi connectivity index (χ2v) is 11.5. The lowest BCUT2D eigenvalue weighted by Gasteiger charge is -2.32. The maximum absolute atomic E-state index is 12.7. The van der Waals surface area contributed by atoms with Crippen molar-refractivity contribution in [2.75, 3.05) is 24.1 Å². The standard InChI is InChI=1S/C27H32ClN5O2S/c1-19-16-23(32-36(34,35)26-7-5-4-6-25(26)28)11-10-21(19)9-8-20-17-29-27(30-18-20)31-22-12-14-24(15-13-22)33(2)3/h4-11,16-18,22,24,32H,12-15H2,1-3H3,(H,29,30,31)/b9-8+. The molecule has 1 aliphatic rings. The minimum absolute atomic E-state index is 0.0486. The highest BCUT2D eigenvalue weighted by Crippen LogP contribution is 2.26. The molecule has 1 heterocycles. The summed E-state index contributed by atoms with van der Waals surface area (Å²) in [6, 6.07) is 12.8. The lowest BCUT2D eigenvalue weighted by molar-refractivity contribution is 0.221. The Morgan fingerprint density at radius 3 is 2.33 bits per heavy atom. The molecular formula is C27H32ClN5O2S. The topological polar surface area (TPSA) is 87.2 Å². The van der Waals surface area contributed by atoms with Gasteiger partial charge >= 0.3 is 0 Å². The van der Waals surface area contributed by atoms with Crippen LogP contribution in [0.5, 0.6) is 0 Å². The Kier molecular flexibility index (Phi) is 8.28. The van der Waals surface area contributed by atoms with Crippen LogP contribution in [0, 0.1) is 6.92 Å². The van der Waals surface area contributed by atoms with E-state index < -0.39 is 10.0 Å². The molecule has 9 heteroatoms. The minimum Gasteiger partial charge on any atom is -0.351 e. The fourth-order valence-corrected chi connectivity index (χ4v) is 5.97. The van der Waals surface area contributed by atoms with Gasteiger partial charge in [0.1, 0.15) is 4.90 Å². The molecule has 0 saturated heterocycles. The third-order valence-corrected chi connectivity index (χ3v) is 8.42. The SMILES string of the molecule is Cc1cc(NS(=O)(=O)c2ccccc2Cl)ccc1/C=C/c1cnc(NC2CCC(N(C)C)CC2)nc1. The second kappa shape index (κ2) is 11.4. The van der Waals surface area contributed by atoms with Crippen molar-refractivity contribution < 1.29 is 8.42 Å². The van der Waals surface area contributed by atoms with E-state index >= 15 is 0 Å². The first-order valence-electron chi connectivity index (χ1n) is 12.0. The predicted octanol–water partition coefficient (Wildman–Crippen LogP) is 5.69. The molecule has 4 rings (SSSR count). The molecule has 36 heavy (non-hydrogen) atoms. The van der Waals surface area contributed by atoms with E-state index in [0.717, 1.165) is 29.5 Å². The lowest BCUT2D eigenvalue weighted by Crippen LogP contribution is -2.36. The van der Waals surface area contributed by atoms with E-state index in [2.05, 4.69) is 39.0 Å². The van der Waals surface area contributed by atoms with Gasteiger partial charge in [-0.15, -0.1) is 0 Å². The van der Waals surface area contributed by atoms with Gasteiger partial charge in [0.15, 0.2) is 0 Å². The van der Waals surface area contributed by atoms with Crippen LogP contribution in [0.25, 0.3) is 12.2 Å². The van der Waals surface area contributed by atoms with E-state index in [1.807, 2.05) is 25.1 Å². The summed E-state index contributed by atoms with van der Waals surface area (Å²) >= 11 is 6.06. The number of aryl methyl sites for hydroxylation is 1. The fourth-order valence-electron chi connectivity index (χ4n) is 4.40. The minimum atomic E-state index is -3.78. The summed E-state index contributed by atoms with van der Waals surface area (Å²) in [5, 5.41) is 3.64. The van der Waals surface area contributed by atoms with Gasteiger partial charge in [0.05, 0.1) is 5.02 Å². The molecule has 1 aromatic heterocycles. The summed E-state index contributed by atoms with van der Waals surface area (Å²) in [5.41, 5.74) is 3.26. The first-order chi connectivity index (χ1) is 17.2. The quantitative estimate of drug-likeness (QED) is 0.392. The number of anilines is 2. The maximum Gasteiger partial charge on any atom is 0.263 e. The van der Waals surface area contributed by atoms with Crippen LogP contribution < -0.4 is 10.0 Å². The smallest absolute Gasteiger partial charge is 0.263 e. The van der Waals surface area contributed by atoms with Crippen LogP contribution in [0.3, 0.4) is 0 Å². The number of aromatic nitrogens is 2. The van der Waals surface area contributed by atoms with Gasteiger partial charge in [0.25, 0.3) is 10.0 Å². The molecule has 2 N–H and O–H groups in total. The van der Waals surface area contributed by atoms with Gasteiger partial charge in [-0.1, -0.05) is 42.0 Å². The predicted molar refractivity (Wildman–Crippen MR) is 148 cm³/mol. The number of sulfonamides is 1. The monoisotopic (exact) mass is 525 g/mol. The van der Waals surface area contributed by atoms with Crippen LogP contribution in [0.2, 0.25) is 5.02 Å². The van der Waals surface area contributed by atoms with Gasteiger partial charge in [-0.3, -0.25) is 4.72 Å². The molecule has 1 aliphatic carbocycles. The van der Waals surface area contributed by atoms with E-state index in [4.69, 9.17) is 11.6 Å². The molecule has 190 valence electrons. The molecule has 3 aromatic rings. The Morgan fingerprint density at radius 2 is 1.69 bits per heavy atom. The van der Waals surface area contributed by atoms with Crippen molar-refractivity contribution in [1.82, 2.24) is 14.9 Å². The summed E-state index contributed by atoms with van der Waals surface area (Å²) in [6.45, 7) is 1.93. The molecular weight excluding hydrogens is 494 g/mol. The number of nitrogens with one attached hydrogen (secondary N) is 2. The van der Waals surface area contributed by atoms with E-state index in [1.165, 1.54) is 18.9 Å². The molecule has 0 amide bonds. The van der Waals surface area contributed by atoms with Gasteiger partial charge < -0.3 is 10.2 Å². The van der Waals surface area contributed by atoms with E-state index in [1.54, 1.807) is 42.7 Å². The molecule has 0 spiro atoms. The Hall–Kier alpha value is -2.94. The van der Waals surface area contributed by atoms with Gasteiger partial charge in [0.2, 0.25) is 5.95 Å². The van der Waals surface area contributed by atoms with Crippen molar-refractivity contribution in [3.63, 3.8) is 0 Å². The lowest BCUT2D eigenvalue weighted by atomic mass is 9.91. The zero-order valence-electron chi connectivity index (χ0n) is 20.8. The highest BCUT2D eigenvalue weighted by Gasteiger charge is 2.22. The van der Waals surface area contributed by atoms with Gasteiger partial charge in [-0.25, -0.2) is 18.4 Å². The second-order valence-electron chi connectivity index (χ2n) is 9.39. The molecule has 1 fully saturated rings. The third-order valence-electron chi connectivity index (χ3n) is 6.54. The van der Waals surface area contributed by atoms with Crippen LogP contribution in [-0.4, -0.2) is 49.5 Å². The Morgan fingerprint density at radius 1 is 1.00 bits per heavy atom. The molecule has 0 radical (unpaired) electrons. The fraction of sp³-hybridized carbons (Fsp3) is 0.333. The van der Waals surface area contributed by atoms with Crippen molar-refractivity contribution in [1.29, 1.82) is 0 Å². The largest absolute Gasteiger partial charge is 0.351 e. The Bertz CT molecular complexity index is 1320. The molecule has 0 atom stereocenters. The first-order valence-corrected chi connectivity index (χ1v) is 13.9. The summed E-state index contributed by atoms with van der Waals surface area (Å²) in [5.74, 6) is 0.659. The Balaban J connectivity index is 1.36. The van der Waals surface area contributed by atoms with Gasteiger partial charge in [-0.05, 0) is 82.1 Å². The van der Waals surface area contributed by atoms with Crippen LogP contribution in [0.4, 0.5) is 11.6 Å². The molecule has 0 unspecified atom stereocenters. The van der Waals surface area contributed by atoms with E-state index in [9.17, 15) is 8.42 Å². The number of hydrogen-bond donors (Lipinski definition) is 2. The van der Waals surface area contributed by atoms with E-state index in [0.29, 0.717) is 23.7 Å². The maximum atomic E-state index is 12.7. The number of hydrogen-bond acceptors (Lipinski definition) is 6. The highest BCUT2D eigenvalue weighted by molar-refractivity contribution is 7.92. The van der Waals surface area contributed by atoms with Gasteiger partial charge in [-0.2, -0.15) is 0 Å². The molecule has 2 aromatic carbocycles. The summed E-state index contributed by atoms with van der Waals surface area (Å²) in [7, 11) is 0.517. The van der Waals surface area contributed by atoms with Crippen molar-refractivity contribution in [3.05, 3.63) is 76.6 Å². The zero-order chi connectivity index (χ0) is 25.7. The normalized spacial score (nSPS) is 18.5. The summed E-state index contributed by atoms with van der Waals surface area (Å²) in [4.78, 5) is 11.3. The number of halogens is 1. The molecule has 0 bridgehead atoms.